The van der Waals surface area contributed by atoms with Gasteiger partial charge < -0.3 is 0 Å². The summed E-state index contributed by atoms with van der Waals surface area (Å²) >= 11 is 9.93. The summed E-state index contributed by atoms with van der Waals surface area (Å²) in [7, 11) is 0. The highest BCUT2D eigenvalue weighted by Crippen LogP contribution is 2.51. The van der Waals surface area contributed by atoms with Crippen LogP contribution < -0.4 is 0 Å². The molecule has 0 amide bonds. The van der Waals surface area contributed by atoms with Crippen molar-refractivity contribution in [2.24, 2.45) is 0 Å². The molecular formula is C43H34N4S6. The fourth-order valence-corrected chi connectivity index (χ4v) is 13.6. The zero-order chi connectivity index (χ0) is 37.2. The summed E-state index contributed by atoms with van der Waals surface area (Å²) in [6, 6.07) is 33.2. The van der Waals surface area contributed by atoms with Crippen LogP contribution in [0.5, 0.6) is 0 Å². The van der Waals surface area contributed by atoms with Crippen molar-refractivity contribution in [3.63, 3.8) is 0 Å². The Morgan fingerprint density at radius 1 is 0.547 bits per heavy atom. The predicted molar refractivity (Wildman–Crippen MR) is 229 cm³/mol. The Balaban J connectivity index is 1.18. The van der Waals surface area contributed by atoms with Crippen LogP contribution in [0.1, 0.15) is 75.0 Å². The molecule has 0 unspecified atom stereocenters. The Hall–Kier alpha value is -4.26. The molecule has 8 aromatic rings. The highest BCUT2D eigenvalue weighted by Gasteiger charge is 2.32. The fraction of sp³-hybridized carbons (Fsp3) is 0.209. The molecule has 0 saturated heterocycles. The SMILES string of the molecule is Cc1ccc(C(C)(C)c2sc(-c3c(C#N)c(C#N)c(-c4cc(C)c(-c5ccc(-c6ccc(C(C)(C)c7ccccc7)s6)s5)s4)c4nsnc34)cc2C)s1. The molecule has 0 radical (unpaired) electrons. The summed E-state index contributed by atoms with van der Waals surface area (Å²) in [6.45, 7) is 15.5. The second-order valence-electron chi connectivity index (χ2n) is 14.3. The number of thiophene rings is 5. The number of rotatable bonds is 8. The van der Waals surface area contributed by atoms with Crippen molar-refractivity contribution in [1.29, 1.82) is 10.5 Å². The van der Waals surface area contributed by atoms with Crippen LogP contribution in [0.25, 0.3) is 51.4 Å². The molecule has 6 heterocycles. The van der Waals surface area contributed by atoms with Crippen LogP contribution in [0.3, 0.4) is 0 Å². The van der Waals surface area contributed by atoms with E-state index in [2.05, 4.69) is 139 Å². The smallest absolute Gasteiger partial charge is 0.115 e. The lowest BCUT2D eigenvalue weighted by molar-refractivity contribution is 0.656. The molecule has 0 fully saturated rings. The number of nitrogens with zero attached hydrogens (tertiary/aromatic N) is 4. The minimum atomic E-state index is -0.201. The summed E-state index contributed by atoms with van der Waals surface area (Å²) in [4.78, 5) is 11.8. The van der Waals surface area contributed by atoms with Crippen molar-refractivity contribution in [2.45, 2.75) is 59.3 Å². The molecule has 53 heavy (non-hydrogen) atoms. The lowest BCUT2D eigenvalue weighted by Gasteiger charge is -2.23. The molecule has 0 bridgehead atoms. The zero-order valence-corrected chi connectivity index (χ0v) is 35.1. The number of aryl methyl sites for hydroxylation is 3. The number of hydrogen-bond donors (Lipinski definition) is 0. The highest BCUT2D eigenvalue weighted by atomic mass is 32.1. The Labute approximate surface area is 334 Å². The summed E-state index contributed by atoms with van der Waals surface area (Å²) in [6.07, 6.45) is 0. The van der Waals surface area contributed by atoms with Crippen molar-refractivity contribution >= 4 is 79.4 Å². The second kappa shape index (κ2) is 13.5. The van der Waals surface area contributed by atoms with E-state index < -0.39 is 0 Å². The van der Waals surface area contributed by atoms with E-state index in [1.807, 2.05) is 22.7 Å². The van der Waals surface area contributed by atoms with Crippen LogP contribution >= 0.6 is 68.4 Å². The van der Waals surface area contributed by atoms with Crippen LogP contribution in [0.4, 0.5) is 0 Å². The van der Waals surface area contributed by atoms with E-state index in [4.69, 9.17) is 8.75 Å². The summed E-state index contributed by atoms with van der Waals surface area (Å²) < 4.78 is 9.56. The molecule has 4 nitrogen and oxygen atoms in total. The van der Waals surface area contributed by atoms with Gasteiger partial charge in [0.1, 0.15) is 23.2 Å². The molecule has 0 aliphatic rings. The molecule has 0 spiro atoms. The van der Waals surface area contributed by atoms with E-state index in [0.717, 1.165) is 37.5 Å². The molecule has 10 heteroatoms. The lowest BCUT2D eigenvalue weighted by Crippen LogP contribution is -2.16. The van der Waals surface area contributed by atoms with E-state index in [1.165, 1.54) is 39.7 Å². The van der Waals surface area contributed by atoms with Crippen molar-refractivity contribution in [1.82, 2.24) is 8.75 Å². The van der Waals surface area contributed by atoms with Crippen molar-refractivity contribution in [2.75, 3.05) is 0 Å². The molecular weight excluding hydrogens is 765 g/mol. The number of nitriles is 2. The second-order valence-corrected chi connectivity index (χ2v) is 20.4. The standard InChI is InChI=1S/C43H34N4S6/c1-23-19-32(51-40(23)31-15-14-29(49-31)30-16-18-34(50-30)42(4,5)26-11-9-8-10-12-26)36-27(21-44)28(22-45)37(39-38(36)46-53-47-39)33-20-24(2)41(52-33)43(6,7)35-17-13-25(3)48-35/h8-20H,1-7H3. The maximum atomic E-state index is 10.7. The molecule has 8 rings (SSSR count). The molecule has 262 valence electrons. The number of fused-ring (bicyclic) bond motifs is 1. The summed E-state index contributed by atoms with van der Waals surface area (Å²) in [5, 5.41) is 21.4. The van der Waals surface area contributed by atoms with Gasteiger partial charge in [0, 0.05) is 70.7 Å². The monoisotopic (exact) mass is 798 g/mol. The van der Waals surface area contributed by atoms with Gasteiger partial charge in [-0.25, -0.2) is 0 Å². The summed E-state index contributed by atoms with van der Waals surface area (Å²) in [5.74, 6) is 0. The largest absolute Gasteiger partial charge is 0.192 e. The van der Waals surface area contributed by atoms with E-state index in [0.29, 0.717) is 33.3 Å². The van der Waals surface area contributed by atoms with Crippen LogP contribution in [-0.2, 0) is 10.8 Å². The third kappa shape index (κ3) is 6.03. The van der Waals surface area contributed by atoms with Gasteiger partial charge in [-0.15, -0.1) is 56.7 Å². The van der Waals surface area contributed by atoms with Gasteiger partial charge in [-0.1, -0.05) is 58.0 Å². The molecule has 0 saturated carbocycles. The first-order chi connectivity index (χ1) is 25.4. The number of benzene rings is 2. The minimum absolute atomic E-state index is 0.0831. The quantitative estimate of drug-likeness (QED) is 0.153. The molecule has 2 aromatic carbocycles. The molecule has 6 aromatic heterocycles. The van der Waals surface area contributed by atoms with E-state index in [1.54, 1.807) is 34.0 Å². The molecule has 0 atom stereocenters. The van der Waals surface area contributed by atoms with Crippen molar-refractivity contribution in [3.05, 3.63) is 126 Å². The first-order valence-electron chi connectivity index (χ1n) is 17.1. The van der Waals surface area contributed by atoms with Gasteiger partial charge >= 0.3 is 0 Å². The predicted octanol–water partition coefficient (Wildman–Crippen LogP) is 14.0. The topological polar surface area (TPSA) is 73.4 Å². The van der Waals surface area contributed by atoms with Gasteiger partial charge in [-0.05, 0) is 86.0 Å². The zero-order valence-electron chi connectivity index (χ0n) is 30.2. The van der Waals surface area contributed by atoms with E-state index in [-0.39, 0.29) is 10.8 Å². The maximum Gasteiger partial charge on any atom is 0.115 e. The maximum absolute atomic E-state index is 10.7. The third-order valence-corrected chi connectivity index (χ3v) is 17.5. The van der Waals surface area contributed by atoms with Gasteiger partial charge in [-0.2, -0.15) is 19.3 Å². The number of aromatic nitrogens is 2. The van der Waals surface area contributed by atoms with E-state index >= 15 is 0 Å². The van der Waals surface area contributed by atoms with Gasteiger partial charge in [0.2, 0.25) is 0 Å². The van der Waals surface area contributed by atoms with Crippen LogP contribution in [0.2, 0.25) is 0 Å². The Bertz CT molecular complexity index is 2750. The van der Waals surface area contributed by atoms with Gasteiger partial charge in [0.05, 0.1) is 22.9 Å². The van der Waals surface area contributed by atoms with Crippen molar-refractivity contribution < 1.29 is 0 Å². The molecule has 0 aliphatic carbocycles. The lowest BCUT2D eigenvalue weighted by atomic mass is 9.83. The minimum Gasteiger partial charge on any atom is -0.192 e. The highest BCUT2D eigenvalue weighted by molar-refractivity contribution is 7.27. The van der Waals surface area contributed by atoms with Crippen LogP contribution in [-0.4, -0.2) is 8.75 Å². The average Bonchev–Trinajstić information content (AvgIpc) is 3.99. The normalized spacial score (nSPS) is 12.0. The van der Waals surface area contributed by atoms with Crippen LogP contribution in [0, 0.1) is 43.4 Å². The molecule has 0 aliphatic heterocycles. The van der Waals surface area contributed by atoms with Crippen molar-refractivity contribution in [3.8, 4) is 52.5 Å². The fourth-order valence-electron chi connectivity index (χ4n) is 7.06. The van der Waals surface area contributed by atoms with Crippen LogP contribution in [0.15, 0.2) is 78.9 Å². The third-order valence-electron chi connectivity index (χ3n) is 9.98. The Morgan fingerprint density at radius 3 is 1.75 bits per heavy atom. The average molecular weight is 799 g/mol. The number of hydrogen-bond acceptors (Lipinski definition) is 10. The van der Waals surface area contributed by atoms with Gasteiger partial charge in [0.15, 0.2) is 0 Å². The van der Waals surface area contributed by atoms with Gasteiger partial charge in [-0.3, -0.25) is 0 Å². The summed E-state index contributed by atoms with van der Waals surface area (Å²) in [5.41, 5.74) is 6.78. The Kier molecular flexibility index (Phi) is 9.14. The van der Waals surface area contributed by atoms with E-state index in [9.17, 15) is 10.5 Å². The Morgan fingerprint density at radius 2 is 1.11 bits per heavy atom. The first kappa shape index (κ1) is 35.8. The van der Waals surface area contributed by atoms with Gasteiger partial charge in [0.25, 0.3) is 0 Å². The molecule has 0 N–H and O–H groups in total. The first-order valence-corrected chi connectivity index (χ1v) is 21.9.